The van der Waals surface area contributed by atoms with Crippen LogP contribution in [-0.2, 0) is 4.79 Å². The second-order valence-corrected chi connectivity index (χ2v) is 5.92. The highest BCUT2D eigenvalue weighted by atomic mass is 16.4. The van der Waals surface area contributed by atoms with Crippen LogP contribution in [0.2, 0.25) is 0 Å². The van der Waals surface area contributed by atoms with Gasteiger partial charge in [-0.15, -0.1) is 0 Å². The number of hydrogen-bond acceptors (Lipinski definition) is 3. The monoisotopic (exact) mass is 291 g/mol. The Morgan fingerprint density at radius 2 is 2.19 bits per heavy atom. The van der Waals surface area contributed by atoms with Gasteiger partial charge >= 0.3 is 12.0 Å². The van der Waals surface area contributed by atoms with Crippen molar-refractivity contribution in [3.8, 4) is 0 Å². The largest absolute Gasteiger partial charge is 0.480 e. The van der Waals surface area contributed by atoms with Gasteiger partial charge in [0.15, 0.2) is 0 Å². The molecule has 1 aliphatic carbocycles. The number of aromatic nitrogens is 1. The minimum absolute atomic E-state index is 0.288. The van der Waals surface area contributed by atoms with Crippen LogP contribution in [0.25, 0.3) is 0 Å². The highest BCUT2D eigenvalue weighted by molar-refractivity contribution is 5.93. The number of carboxylic acids is 1. The topological polar surface area (TPSA) is 91.3 Å². The molecular weight excluding hydrogens is 270 g/mol. The Kier molecular flexibility index (Phi) is 4.45. The summed E-state index contributed by atoms with van der Waals surface area (Å²) in [7, 11) is 0. The third kappa shape index (κ3) is 3.71. The van der Waals surface area contributed by atoms with E-state index in [1.165, 1.54) is 6.20 Å². The molecule has 0 spiro atoms. The molecule has 0 aliphatic heterocycles. The Labute approximate surface area is 124 Å². The van der Waals surface area contributed by atoms with Gasteiger partial charge in [0.05, 0.1) is 11.9 Å². The number of aliphatic carboxylic acids is 1. The van der Waals surface area contributed by atoms with Crippen LogP contribution in [0.1, 0.15) is 38.2 Å². The SMILES string of the molecule is Cc1cncc(NC(=O)NC2(C(=O)O)CCCC(C)C2)c1. The summed E-state index contributed by atoms with van der Waals surface area (Å²) in [6.07, 6.45) is 5.95. The van der Waals surface area contributed by atoms with Crippen LogP contribution in [0, 0.1) is 12.8 Å². The Morgan fingerprint density at radius 1 is 1.43 bits per heavy atom. The molecule has 1 aromatic rings. The molecule has 114 valence electrons. The van der Waals surface area contributed by atoms with Gasteiger partial charge in [-0.25, -0.2) is 9.59 Å². The summed E-state index contributed by atoms with van der Waals surface area (Å²) in [5.41, 5.74) is 0.308. The van der Waals surface area contributed by atoms with Crippen LogP contribution in [0.5, 0.6) is 0 Å². The first-order valence-electron chi connectivity index (χ1n) is 7.15. The molecule has 1 heterocycles. The smallest absolute Gasteiger partial charge is 0.329 e. The highest BCUT2D eigenvalue weighted by Crippen LogP contribution is 2.32. The van der Waals surface area contributed by atoms with E-state index in [0.29, 0.717) is 18.5 Å². The fraction of sp³-hybridized carbons (Fsp3) is 0.533. The molecule has 1 saturated carbocycles. The lowest BCUT2D eigenvalue weighted by molar-refractivity contribution is -0.146. The summed E-state index contributed by atoms with van der Waals surface area (Å²) in [4.78, 5) is 27.7. The Bertz CT molecular complexity index is 547. The van der Waals surface area contributed by atoms with E-state index in [-0.39, 0.29) is 5.92 Å². The molecule has 21 heavy (non-hydrogen) atoms. The number of hydrogen-bond donors (Lipinski definition) is 3. The average Bonchev–Trinajstić information content (AvgIpc) is 2.38. The van der Waals surface area contributed by atoms with Gasteiger partial charge in [0.2, 0.25) is 0 Å². The average molecular weight is 291 g/mol. The normalized spacial score (nSPS) is 25.1. The predicted molar refractivity (Wildman–Crippen MR) is 79.1 cm³/mol. The highest BCUT2D eigenvalue weighted by Gasteiger charge is 2.43. The molecule has 6 nitrogen and oxygen atoms in total. The number of aryl methyl sites for hydroxylation is 1. The number of urea groups is 1. The Hall–Kier alpha value is -2.11. The van der Waals surface area contributed by atoms with Gasteiger partial charge in [0, 0.05) is 6.20 Å². The molecule has 3 N–H and O–H groups in total. The van der Waals surface area contributed by atoms with Crippen molar-refractivity contribution >= 4 is 17.7 Å². The van der Waals surface area contributed by atoms with Gasteiger partial charge in [0.25, 0.3) is 0 Å². The molecule has 0 radical (unpaired) electrons. The first-order chi connectivity index (χ1) is 9.91. The van der Waals surface area contributed by atoms with Crippen molar-refractivity contribution in [2.75, 3.05) is 5.32 Å². The fourth-order valence-corrected chi connectivity index (χ4v) is 2.92. The van der Waals surface area contributed by atoms with Gasteiger partial charge in [-0.1, -0.05) is 19.8 Å². The zero-order valence-corrected chi connectivity index (χ0v) is 12.3. The van der Waals surface area contributed by atoms with E-state index in [4.69, 9.17) is 0 Å². The molecule has 2 rings (SSSR count). The van der Waals surface area contributed by atoms with Crippen molar-refractivity contribution in [1.82, 2.24) is 10.3 Å². The molecule has 2 unspecified atom stereocenters. The molecule has 0 aromatic carbocycles. The lowest BCUT2D eigenvalue weighted by Gasteiger charge is -2.36. The van der Waals surface area contributed by atoms with E-state index in [2.05, 4.69) is 15.6 Å². The Morgan fingerprint density at radius 3 is 2.81 bits per heavy atom. The maximum atomic E-state index is 12.1. The molecule has 1 fully saturated rings. The minimum atomic E-state index is -1.17. The number of carbonyl (C=O) groups excluding carboxylic acids is 1. The second-order valence-electron chi connectivity index (χ2n) is 5.92. The van der Waals surface area contributed by atoms with Crippen molar-refractivity contribution in [3.05, 3.63) is 24.0 Å². The van der Waals surface area contributed by atoms with Crippen LogP contribution in [-0.4, -0.2) is 27.6 Å². The molecule has 1 aliphatic rings. The van der Waals surface area contributed by atoms with Crippen LogP contribution < -0.4 is 10.6 Å². The number of pyridine rings is 1. The van der Waals surface area contributed by atoms with E-state index in [9.17, 15) is 14.7 Å². The van der Waals surface area contributed by atoms with E-state index >= 15 is 0 Å². The van der Waals surface area contributed by atoms with Gasteiger partial charge in [-0.3, -0.25) is 4.98 Å². The minimum Gasteiger partial charge on any atom is -0.480 e. The van der Waals surface area contributed by atoms with Crippen molar-refractivity contribution < 1.29 is 14.7 Å². The predicted octanol–water partition coefficient (Wildman–Crippen LogP) is 2.55. The van der Waals surface area contributed by atoms with E-state index in [1.54, 1.807) is 12.3 Å². The van der Waals surface area contributed by atoms with Crippen molar-refractivity contribution in [3.63, 3.8) is 0 Å². The number of nitrogens with one attached hydrogen (secondary N) is 2. The van der Waals surface area contributed by atoms with Crippen LogP contribution >= 0.6 is 0 Å². The maximum absolute atomic E-state index is 12.1. The summed E-state index contributed by atoms with van der Waals surface area (Å²) >= 11 is 0. The van der Waals surface area contributed by atoms with Gasteiger partial charge in [-0.2, -0.15) is 0 Å². The zero-order chi connectivity index (χ0) is 15.5. The van der Waals surface area contributed by atoms with Crippen molar-refractivity contribution in [2.24, 2.45) is 5.92 Å². The van der Waals surface area contributed by atoms with Crippen LogP contribution in [0.15, 0.2) is 18.5 Å². The number of amides is 2. The van der Waals surface area contributed by atoms with Gasteiger partial charge < -0.3 is 15.7 Å². The fourth-order valence-electron chi connectivity index (χ4n) is 2.92. The molecular formula is C15H21N3O3. The number of nitrogens with zero attached hydrogens (tertiary/aromatic N) is 1. The quantitative estimate of drug-likeness (QED) is 0.798. The van der Waals surface area contributed by atoms with Gasteiger partial charge in [0.1, 0.15) is 5.54 Å². The Balaban J connectivity index is 2.07. The molecule has 0 bridgehead atoms. The summed E-state index contributed by atoms with van der Waals surface area (Å²) in [5.74, 6) is -0.678. The van der Waals surface area contributed by atoms with Crippen molar-refractivity contribution in [2.45, 2.75) is 45.1 Å². The first-order valence-corrected chi connectivity index (χ1v) is 7.15. The zero-order valence-electron chi connectivity index (χ0n) is 12.3. The summed E-state index contributed by atoms with van der Waals surface area (Å²) in [5, 5.41) is 14.8. The number of anilines is 1. The first kappa shape index (κ1) is 15.3. The second kappa shape index (κ2) is 6.11. The van der Waals surface area contributed by atoms with Crippen molar-refractivity contribution in [1.29, 1.82) is 0 Å². The van der Waals surface area contributed by atoms with E-state index < -0.39 is 17.5 Å². The van der Waals surface area contributed by atoms with Gasteiger partial charge in [-0.05, 0) is 37.3 Å². The van der Waals surface area contributed by atoms with Crippen LogP contribution in [0.3, 0.4) is 0 Å². The molecule has 1 aromatic heterocycles. The number of carbonyl (C=O) groups is 2. The standard InChI is InChI=1S/C15H21N3O3/c1-10-4-3-5-15(7-10,13(19)20)18-14(21)17-12-6-11(2)8-16-9-12/h6,8-10H,3-5,7H2,1-2H3,(H,19,20)(H2,17,18,21). The number of carboxylic acid groups (broad SMARTS) is 1. The lowest BCUT2D eigenvalue weighted by atomic mass is 9.76. The third-order valence-electron chi connectivity index (χ3n) is 3.89. The number of rotatable bonds is 3. The summed E-state index contributed by atoms with van der Waals surface area (Å²) in [6, 6.07) is 1.28. The van der Waals surface area contributed by atoms with E-state index in [0.717, 1.165) is 18.4 Å². The molecule has 0 saturated heterocycles. The molecule has 2 amide bonds. The maximum Gasteiger partial charge on any atom is 0.329 e. The molecule has 6 heteroatoms. The lowest BCUT2D eigenvalue weighted by Crippen LogP contribution is -2.57. The van der Waals surface area contributed by atoms with Crippen LogP contribution in [0.4, 0.5) is 10.5 Å². The van der Waals surface area contributed by atoms with E-state index in [1.807, 2.05) is 13.8 Å². The molecule has 2 atom stereocenters. The summed E-state index contributed by atoms with van der Waals surface area (Å²) < 4.78 is 0. The third-order valence-corrected chi connectivity index (χ3v) is 3.89. The summed E-state index contributed by atoms with van der Waals surface area (Å²) in [6.45, 7) is 3.89.